The van der Waals surface area contributed by atoms with Crippen LogP contribution in [0.3, 0.4) is 0 Å². The first kappa shape index (κ1) is 10.2. The quantitative estimate of drug-likeness (QED) is 0.825. The molecule has 2 atom stereocenters. The second kappa shape index (κ2) is 3.35. The van der Waals surface area contributed by atoms with Crippen LogP contribution in [0, 0.1) is 5.41 Å². The molecule has 2 nitrogen and oxygen atoms in total. The minimum atomic E-state index is -0.208. The van der Waals surface area contributed by atoms with Crippen LogP contribution in [0.5, 0.6) is 0 Å². The second-order valence-electron chi connectivity index (χ2n) is 3.86. The van der Waals surface area contributed by atoms with E-state index in [0.29, 0.717) is 0 Å². The van der Waals surface area contributed by atoms with Crippen LogP contribution < -0.4 is 5.32 Å². The highest BCUT2D eigenvalue weighted by molar-refractivity contribution is 9.11. The lowest BCUT2D eigenvalue weighted by molar-refractivity contribution is -0.145. The van der Waals surface area contributed by atoms with E-state index >= 15 is 0 Å². The number of hydrogen-bond donors (Lipinski definition) is 1. The van der Waals surface area contributed by atoms with Crippen LogP contribution in [-0.2, 0) is 4.79 Å². The maximum Gasteiger partial charge on any atom is 0.228 e. The molecule has 1 saturated heterocycles. The lowest BCUT2D eigenvalue weighted by Gasteiger charge is -2.45. The van der Waals surface area contributed by atoms with Crippen LogP contribution >= 0.6 is 27.3 Å². The summed E-state index contributed by atoms with van der Waals surface area (Å²) in [4.78, 5) is 11.5. The monoisotopic (exact) mass is 273 g/mol. The highest BCUT2D eigenvalue weighted by atomic mass is 79.9. The van der Waals surface area contributed by atoms with Crippen molar-refractivity contribution in [3.8, 4) is 0 Å². The van der Waals surface area contributed by atoms with E-state index in [1.165, 1.54) is 5.56 Å². The minimum absolute atomic E-state index is 0.173. The highest BCUT2D eigenvalue weighted by Gasteiger charge is 2.50. The molecule has 0 aromatic carbocycles. The van der Waals surface area contributed by atoms with Gasteiger partial charge in [-0.2, -0.15) is 0 Å². The number of thiophene rings is 1. The Hall–Kier alpha value is -0.350. The zero-order chi connectivity index (χ0) is 10.3. The molecule has 0 aliphatic carbocycles. The van der Waals surface area contributed by atoms with Gasteiger partial charge in [-0.1, -0.05) is 6.92 Å². The number of carbonyl (C=O) groups excluding carboxylic acids is 1. The number of β-lactam (4-membered cyclic amide) rings is 1. The van der Waals surface area contributed by atoms with E-state index in [0.717, 1.165) is 10.2 Å². The molecular weight excluding hydrogens is 262 g/mol. The van der Waals surface area contributed by atoms with Gasteiger partial charge >= 0.3 is 0 Å². The van der Waals surface area contributed by atoms with Crippen LogP contribution in [0.25, 0.3) is 0 Å². The summed E-state index contributed by atoms with van der Waals surface area (Å²) in [6.07, 6.45) is 0.886. The zero-order valence-electron chi connectivity index (χ0n) is 8.13. The summed E-state index contributed by atoms with van der Waals surface area (Å²) in [7, 11) is 0. The number of amides is 1. The smallest absolute Gasteiger partial charge is 0.228 e. The molecule has 2 rings (SSSR count). The zero-order valence-corrected chi connectivity index (χ0v) is 10.5. The Balaban J connectivity index is 2.26. The Labute approximate surface area is 95.8 Å². The molecule has 2 heterocycles. The minimum Gasteiger partial charge on any atom is -0.348 e. The highest BCUT2D eigenvalue weighted by Crippen LogP contribution is 2.45. The van der Waals surface area contributed by atoms with Gasteiger partial charge in [0.15, 0.2) is 0 Å². The van der Waals surface area contributed by atoms with Crippen molar-refractivity contribution in [1.82, 2.24) is 5.32 Å². The SMILES string of the molecule is CCC1(C)C(=O)NC1c1csc(Br)c1. The molecular formula is C10H12BrNOS. The summed E-state index contributed by atoms with van der Waals surface area (Å²) in [5.74, 6) is 0.173. The van der Waals surface area contributed by atoms with E-state index in [1.807, 2.05) is 6.92 Å². The second-order valence-corrected chi connectivity index (χ2v) is 6.15. The molecule has 1 N–H and O–H groups in total. The molecule has 1 amide bonds. The van der Waals surface area contributed by atoms with E-state index < -0.39 is 0 Å². The van der Waals surface area contributed by atoms with Gasteiger partial charge in [-0.15, -0.1) is 11.3 Å². The number of carbonyl (C=O) groups is 1. The van der Waals surface area contributed by atoms with Gasteiger partial charge in [-0.05, 0) is 46.3 Å². The molecule has 2 unspecified atom stereocenters. The Morgan fingerprint density at radius 1 is 1.71 bits per heavy atom. The summed E-state index contributed by atoms with van der Waals surface area (Å²) >= 11 is 5.09. The first-order chi connectivity index (χ1) is 6.58. The maximum absolute atomic E-state index is 11.5. The fourth-order valence-electron chi connectivity index (χ4n) is 1.80. The molecule has 0 radical (unpaired) electrons. The summed E-state index contributed by atoms with van der Waals surface area (Å²) in [6, 6.07) is 2.28. The van der Waals surface area contributed by atoms with Crippen molar-refractivity contribution in [1.29, 1.82) is 0 Å². The van der Waals surface area contributed by atoms with Crippen molar-refractivity contribution in [3.63, 3.8) is 0 Å². The number of hydrogen-bond acceptors (Lipinski definition) is 2. The standard InChI is InChI=1S/C10H12BrNOS/c1-3-10(2)8(12-9(10)13)6-4-7(11)14-5-6/h4-5,8H,3H2,1-2H3,(H,12,13). The van der Waals surface area contributed by atoms with Gasteiger partial charge in [0, 0.05) is 0 Å². The largest absolute Gasteiger partial charge is 0.348 e. The van der Waals surface area contributed by atoms with E-state index in [-0.39, 0.29) is 17.4 Å². The number of nitrogens with one attached hydrogen (secondary N) is 1. The van der Waals surface area contributed by atoms with Crippen LogP contribution in [0.4, 0.5) is 0 Å². The molecule has 0 bridgehead atoms. The lowest BCUT2D eigenvalue weighted by atomic mass is 9.70. The van der Waals surface area contributed by atoms with Gasteiger partial charge in [0.2, 0.25) is 5.91 Å². The Bertz CT molecular complexity index is 376. The van der Waals surface area contributed by atoms with E-state index in [9.17, 15) is 4.79 Å². The van der Waals surface area contributed by atoms with Crippen molar-refractivity contribution < 1.29 is 4.79 Å². The van der Waals surface area contributed by atoms with Gasteiger partial charge in [0.1, 0.15) is 0 Å². The predicted molar refractivity (Wildman–Crippen MR) is 61.3 cm³/mol. The first-order valence-electron chi connectivity index (χ1n) is 4.63. The fourth-order valence-corrected chi connectivity index (χ4v) is 3.00. The molecule has 1 fully saturated rings. The number of rotatable bonds is 2. The molecule has 0 saturated carbocycles. The molecule has 1 aromatic rings. The fraction of sp³-hybridized carbons (Fsp3) is 0.500. The van der Waals surface area contributed by atoms with Crippen molar-refractivity contribution in [2.75, 3.05) is 0 Å². The maximum atomic E-state index is 11.5. The van der Waals surface area contributed by atoms with Gasteiger partial charge in [0.05, 0.1) is 15.2 Å². The number of halogens is 1. The molecule has 4 heteroatoms. The third-order valence-corrected chi connectivity index (χ3v) is 4.61. The predicted octanol–water partition coefficient (Wildman–Crippen LogP) is 3.10. The Morgan fingerprint density at radius 2 is 2.43 bits per heavy atom. The van der Waals surface area contributed by atoms with Crippen molar-refractivity contribution in [3.05, 3.63) is 20.8 Å². The van der Waals surface area contributed by atoms with Gasteiger partial charge in [-0.3, -0.25) is 4.79 Å². The third-order valence-electron chi connectivity index (χ3n) is 3.09. The van der Waals surface area contributed by atoms with Crippen LogP contribution in [0.2, 0.25) is 0 Å². The van der Waals surface area contributed by atoms with E-state index in [1.54, 1.807) is 11.3 Å². The average molecular weight is 274 g/mol. The normalized spacial score (nSPS) is 31.1. The summed E-state index contributed by atoms with van der Waals surface area (Å²) in [5, 5.41) is 5.06. The topological polar surface area (TPSA) is 29.1 Å². The van der Waals surface area contributed by atoms with Gasteiger partial charge in [-0.25, -0.2) is 0 Å². The third kappa shape index (κ3) is 1.32. The van der Waals surface area contributed by atoms with Crippen LogP contribution in [-0.4, -0.2) is 5.91 Å². The van der Waals surface area contributed by atoms with Crippen molar-refractivity contribution >= 4 is 33.2 Å². The van der Waals surface area contributed by atoms with Crippen molar-refractivity contribution in [2.24, 2.45) is 5.41 Å². The molecule has 14 heavy (non-hydrogen) atoms. The van der Waals surface area contributed by atoms with Gasteiger partial charge < -0.3 is 5.32 Å². The van der Waals surface area contributed by atoms with E-state index in [2.05, 4.69) is 39.6 Å². The Kier molecular flexibility index (Phi) is 2.43. The average Bonchev–Trinajstić information content (AvgIpc) is 2.59. The van der Waals surface area contributed by atoms with Crippen LogP contribution in [0.1, 0.15) is 31.9 Å². The molecule has 1 aliphatic heterocycles. The summed E-state index contributed by atoms with van der Waals surface area (Å²) < 4.78 is 1.12. The summed E-state index contributed by atoms with van der Waals surface area (Å²) in [6.45, 7) is 4.09. The molecule has 1 aliphatic rings. The van der Waals surface area contributed by atoms with Gasteiger partial charge in [0.25, 0.3) is 0 Å². The first-order valence-corrected chi connectivity index (χ1v) is 6.30. The Morgan fingerprint density at radius 3 is 2.86 bits per heavy atom. The molecule has 76 valence electrons. The summed E-state index contributed by atoms with van der Waals surface area (Å²) in [5.41, 5.74) is 1.01. The molecule has 1 aromatic heterocycles. The van der Waals surface area contributed by atoms with Crippen molar-refractivity contribution in [2.45, 2.75) is 26.3 Å². The molecule has 0 spiro atoms. The lowest BCUT2D eigenvalue weighted by Crippen LogP contribution is -2.59. The van der Waals surface area contributed by atoms with E-state index in [4.69, 9.17) is 0 Å². The van der Waals surface area contributed by atoms with Crippen LogP contribution in [0.15, 0.2) is 15.2 Å².